The minimum absolute atomic E-state index is 0.107. The molecule has 0 aliphatic carbocycles. The first-order valence-electron chi connectivity index (χ1n) is 5.96. The zero-order chi connectivity index (χ0) is 14.0. The van der Waals surface area contributed by atoms with Gasteiger partial charge in [0.1, 0.15) is 11.5 Å². The van der Waals surface area contributed by atoms with E-state index >= 15 is 0 Å². The maximum Gasteiger partial charge on any atom is 0.146 e. The molecule has 2 nitrogen and oxygen atoms in total. The summed E-state index contributed by atoms with van der Waals surface area (Å²) in [6, 6.07) is 11.0. The smallest absolute Gasteiger partial charge is 0.146 e. The van der Waals surface area contributed by atoms with Crippen LogP contribution in [0.2, 0.25) is 10.0 Å². The van der Waals surface area contributed by atoms with Crippen LogP contribution in [-0.4, -0.2) is 0 Å². The Balaban J connectivity index is 2.26. The predicted molar refractivity (Wildman–Crippen MR) is 80.3 cm³/mol. The third-order valence-electron chi connectivity index (χ3n) is 2.78. The number of hydrogen-bond donors (Lipinski definition) is 1. The number of hydrogen-bond acceptors (Lipinski definition) is 2. The Morgan fingerprint density at radius 3 is 2.37 bits per heavy atom. The van der Waals surface area contributed by atoms with Crippen LogP contribution in [0.5, 0.6) is 11.5 Å². The van der Waals surface area contributed by atoms with Crippen LogP contribution in [0, 0.1) is 6.92 Å². The summed E-state index contributed by atoms with van der Waals surface area (Å²) in [6.45, 7) is 3.86. The normalized spacial score (nSPS) is 12.3. The van der Waals surface area contributed by atoms with E-state index in [1.807, 2.05) is 44.2 Å². The van der Waals surface area contributed by atoms with Crippen molar-refractivity contribution >= 4 is 23.2 Å². The fraction of sp³-hybridized carbons (Fsp3) is 0.200. The molecule has 0 heterocycles. The number of rotatable bonds is 3. The number of ether oxygens (including phenoxy) is 1. The van der Waals surface area contributed by atoms with Gasteiger partial charge in [-0.15, -0.1) is 0 Å². The van der Waals surface area contributed by atoms with E-state index in [1.165, 1.54) is 0 Å². The lowest BCUT2D eigenvalue weighted by molar-refractivity contribution is 0.482. The summed E-state index contributed by atoms with van der Waals surface area (Å²) in [6.07, 6.45) is 0. The Morgan fingerprint density at radius 2 is 1.79 bits per heavy atom. The molecule has 1 unspecified atom stereocenters. The van der Waals surface area contributed by atoms with Crippen molar-refractivity contribution in [2.24, 2.45) is 5.73 Å². The zero-order valence-electron chi connectivity index (χ0n) is 10.8. The van der Waals surface area contributed by atoms with Crippen molar-refractivity contribution in [1.29, 1.82) is 0 Å². The third-order valence-corrected chi connectivity index (χ3v) is 3.40. The Morgan fingerprint density at radius 1 is 1.05 bits per heavy atom. The molecule has 0 radical (unpaired) electrons. The maximum atomic E-state index is 6.16. The number of benzene rings is 2. The van der Waals surface area contributed by atoms with Crippen LogP contribution in [0.1, 0.15) is 24.1 Å². The average molecular weight is 296 g/mol. The van der Waals surface area contributed by atoms with E-state index in [0.29, 0.717) is 21.5 Å². The number of aryl methyl sites for hydroxylation is 1. The largest absolute Gasteiger partial charge is 0.456 e. The molecule has 4 heteroatoms. The van der Waals surface area contributed by atoms with Crippen molar-refractivity contribution in [3.63, 3.8) is 0 Å². The first kappa shape index (κ1) is 14.2. The van der Waals surface area contributed by atoms with Gasteiger partial charge >= 0.3 is 0 Å². The van der Waals surface area contributed by atoms with Gasteiger partial charge in [-0.05, 0) is 49.2 Å². The van der Waals surface area contributed by atoms with Gasteiger partial charge < -0.3 is 10.5 Å². The van der Waals surface area contributed by atoms with Gasteiger partial charge in [0.05, 0.1) is 5.02 Å². The van der Waals surface area contributed by atoms with E-state index in [9.17, 15) is 0 Å². The molecule has 0 aliphatic rings. The van der Waals surface area contributed by atoms with Crippen molar-refractivity contribution in [2.45, 2.75) is 19.9 Å². The van der Waals surface area contributed by atoms with Gasteiger partial charge in [-0.3, -0.25) is 0 Å². The van der Waals surface area contributed by atoms with Gasteiger partial charge in [0, 0.05) is 11.1 Å². The molecule has 0 aromatic heterocycles. The molecule has 0 fully saturated rings. The van der Waals surface area contributed by atoms with Gasteiger partial charge in [0.2, 0.25) is 0 Å². The van der Waals surface area contributed by atoms with Crippen molar-refractivity contribution in [2.75, 3.05) is 0 Å². The highest BCUT2D eigenvalue weighted by molar-refractivity contribution is 6.32. The number of halogens is 2. The van der Waals surface area contributed by atoms with Crippen LogP contribution in [-0.2, 0) is 0 Å². The minimum Gasteiger partial charge on any atom is -0.456 e. The quantitative estimate of drug-likeness (QED) is 0.853. The first-order chi connectivity index (χ1) is 8.97. The van der Waals surface area contributed by atoms with Crippen LogP contribution in [0.25, 0.3) is 0 Å². The van der Waals surface area contributed by atoms with Gasteiger partial charge in [0.25, 0.3) is 0 Å². The second-order valence-electron chi connectivity index (χ2n) is 4.51. The molecule has 1 atom stereocenters. The summed E-state index contributed by atoms with van der Waals surface area (Å²) < 4.78 is 5.72. The third kappa shape index (κ3) is 3.41. The molecule has 0 spiro atoms. The molecule has 19 heavy (non-hydrogen) atoms. The van der Waals surface area contributed by atoms with Crippen molar-refractivity contribution in [1.82, 2.24) is 0 Å². The molecular formula is C15H15Cl2NO. The monoisotopic (exact) mass is 295 g/mol. The topological polar surface area (TPSA) is 35.2 Å². The molecule has 0 amide bonds. The Bertz CT molecular complexity index is 597. The Kier molecular flexibility index (Phi) is 4.35. The molecule has 2 rings (SSSR count). The van der Waals surface area contributed by atoms with Gasteiger partial charge in [-0.1, -0.05) is 35.3 Å². The van der Waals surface area contributed by atoms with Crippen molar-refractivity contribution in [3.05, 3.63) is 57.6 Å². The molecule has 0 aliphatic heterocycles. The van der Waals surface area contributed by atoms with E-state index in [4.69, 9.17) is 33.7 Å². The van der Waals surface area contributed by atoms with Crippen molar-refractivity contribution in [3.8, 4) is 11.5 Å². The molecule has 2 N–H and O–H groups in total. The van der Waals surface area contributed by atoms with Crippen LogP contribution in [0.4, 0.5) is 0 Å². The minimum atomic E-state index is -0.107. The molecule has 0 bridgehead atoms. The van der Waals surface area contributed by atoms with Crippen LogP contribution in [0.3, 0.4) is 0 Å². The van der Waals surface area contributed by atoms with E-state index < -0.39 is 0 Å². The van der Waals surface area contributed by atoms with Crippen LogP contribution in [0.15, 0.2) is 36.4 Å². The van der Waals surface area contributed by atoms with E-state index in [-0.39, 0.29) is 6.04 Å². The molecule has 2 aromatic carbocycles. The van der Waals surface area contributed by atoms with Gasteiger partial charge in [0.15, 0.2) is 0 Å². The summed E-state index contributed by atoms with van der Waals surface area (Å²) >= 11 is 12.3. The standard InChI is InChI=1S/C15H15Cl2NO/c1-9-3-6-15(14(17)7-9)19-11-4-5-12(10(2)18)13(16)8-11/h3-8,10H,18H2,1-2H3. The summed E-state index contributed by atoms with van der Waals surface area (Å²) in [5.74, 6) is 1.25. The maximum absolute atomic E-state index is 6.16. The second-order valence-corrected chi connectivity index (χ2v) is 5.32. The second kappa shape index (κ2) is 5.83. The SMILES string of the molecule is Cc1ccc(Oc2ccc(C(C)N)c(Cl)c2)c(Cl)c1. The lowest BCUT2D eigenvalue weighted by atomic mass is 10.1. The summed E-state index contributed by atoms with van der Waals surface area (Å²) in [4.78, 5) is 0. The molecule has 2 aromatic rings. The van der Waals surface area contributed by atoms with E-state index in [2.05, 4.69) is 0 Å². The molecule has 0 saturated heterocycles. The lowest BCUT2D eigenvalue weighted by Crippen LogP contribution is -2.05. The van der Waals surface area contributed by atoms with E-state index in [1.54, 1.807) is 6.07 Å². The van der Waals surface area contributed by atoms with E-state index in [0.717, 1.165) is 11.1 Å². The Hall–Kier alpha value is -1.22. The highest BCUT2D eigenvalue weighted by Crippen LogP contribution is 2.33. The molecular weight excluding hydrogens is 281 g/mol. The average Bonchev–Trinajstić information content (AvgIpc) is 2.32. The van der Waals surface area contributed by atoms with Gasteiger partial charge in [-0.25, -0.2) is 0 Å². The Labute approximate surface area is 123 Å². The van der Waals surface area contributed by atoms with Crippen LogP contribution < -0.4 is 10.5 Å². The predicted octanol–water partition coefficient (Wildman–Crippen LogP) is 5.11. The summed E-state index contributed by atoms with van der Waals surface area (Å²) in [5.41, 5.74) is 7.79. The fourth-order valence-corrected chi connectivity index (χ4v) is 2.37. The van der Waals surface area contributed by atoms with Gasteiger partial charge in [-0.2, -0.15) is 0 Å². The highest BCUT2D eigenvalue weighted by atomic mass is 35.5. The molecule has 100 valence electrons. The first-order valence-corrected chi connectivity index (χ1v) is 6.72. The van der Waals surface area contributed by atoms with Crippen molar-refractivity contribution < 1.29 is 4.74 Å². The summed E-state index contributed by atoms with van der Waals surface area (Å²) in [7, 11) is 0. The lowest BCUT2D eigenvalue weighted by Gasteiger charge is -2.12. The fourth-order valence-electron chi connectivity index (χ4n) is 1.76. The zero-order valence-corrected chi connectivity index (χ0v) is 12.3. The summed E-state index contributed by atoms with van der Waals surface area (Å²) in [5, 5.41) is 1.17. The highest BCUT2D eigenvalue weighted by Gasteiger charge is 2.08. The van der Waals surface area contributed by atoms with Crippen LogP contribution >= 0.6 is 23.2 Å². The number of nitrogens with two attached hydrogens (primary N) is 1. The molecule has 0 saturated carbocycles.